The molecule has 1 saturated heterocycles. The van der Waals surface area contributed by atoms with E-state index < -0.39 is 0 Å². The molecular weight excluding hydrogens is 368 g/mol. The van der Waals surface area contributed by atoms with E-state index in [1.165, 1.54) is 0 Å². The second-order valence-corrected chi connectivity index (χ2v) is 6.89. The molecule has 0 spiro atoms. The summed E-state index contributed by atoms with van der Waals surface area (Å²) in [6.07, 6.45) is 4.83. The van der Waals surface area contributed by atoms with E-state index in [9.17, 15) is 9.59 Å². The van der Waals surface area contributed by atoms with Gasteiger partial charge in [0.15, 0.2) is 11.5 Å². The highest BCUT2D eigenvalue weighted by atomic mass is 16.5. The first kappa shape index (κ1) is 20.5. The molecule has 1 fully saturated rings. The lowest BCUT2D eigenvalue weighted by atomic mass is 10.0. The van der Waals surface area contributed by atoms with Crippen molar-refractivity contribution in [1.82, 2.24) is 10.2 Å². The van der Waals surface area contributed by atoms with Gasteiger partial charge in [0, 0.05) is 30.8 Å². The van der Waals surface area contributed by atoms with Crippen LogP contribution >= 0.6 is 0 Å². The van der Waals surface area contributed by atoms with Crippen molar-refractivity contribution >= 4 is 17.9 Å². The molecule has 2 amide bonds. The first-order chi connectivity index (χ1) is 14.1. The molecule has 1 aliphatic rings. The van der Waals surface area contributed by atoms with Gasteiger partial charge in [-0.15, -0.1) is 0 Å². The summed E-state index contributed by atoms with van der Waals surface area (Å²) in [6, 6.07) is 14.8. The number of hydrogen-bond donors (Lipinski definition) is 1. The Bertz CT molecular complexity index is 872. The smallest absolute Gasteiger partial charge is 0.251 e. The van der Waals surface area contributed by atoms with Crippen molar-refractivity contribution in [3.63, 3.8) is 0 Å². The van der Waals surface area contributed by atoms with Crippen LogP contribution in [-0.4, -0.2) is 50.1 Å². The molecule has 2 aromatic carbocycles. The molecule has 0 saturated carbocycles. The summed E-state index contributed by atoms with van der Waals surface area (Å²) < 4.78 is 10.5. The number of piperidine rings is 1. The molecule has 0 aromatic heterocycles. The zero-order chi connectivity index (χ0) is 20.6. The standard InChI is InChI=1S/C23H26N2O4/c1-28-20-10-8-17(16-21(20)29-2)9-11-22(26)25-14-12-19(13-15-25)24-23(27)18-6-4-3-5-7-18/h3-11,16,19H,12-15H2,1-2H3,(H,24,27). The van der Waals surface area contributed by atoms with Crippen molar-refractivity contribution < 1.29 is 19.1 Å². The number of benzene rings is 2. The molecule has 1 heterocycles. The van der Waals surface area contributed by atoms with Gasteiger partial charge in [0.1, 0.15) is 0 Å². The van der Waals surface area contributed by atoms with Crippen molar-refractivity contribution in [3.8, 4) is 11.5 Å². The topological polar surface area (TPSA) is 67.9 Å². The number of likely N-dealkylation sites (tertiary alicyclic amines) is 1. The van der Waals surface area contributed by atoms with Crippen LogP contribution in [0.5, 0.6) is 11.5 Å². The molecule has 0 unspecified atom stereocenters. The lowest BCUT2D eigenvalue weighted by Crippen LogP contribution is -2.46. The number of ether oxygens (including phenoxy) is 2. The molecule has 6 nitrogen and oxygen atoms in total. The van der Waals surface area contributed by atoms with Gasteiger partial charge >= 0.3 is 0 Å². The molecular formula is C23H26N2O4. The van der Waals surface area contributed by atoms with Gasteiger partial charge in [-0.25, -0.2) is 0 Å². The molecule has 6 heteroatoms. The normalized spacial score (nSPS) is 14.6. The number of amides is 2. The average Bonchev–Trinajstić information content (AvgIpc) is 2.78. The highest BCUT2D eigenvalue weighted by molar-refractivity contribution is 5.94. The molecule has 1 aliphatic heterocycles. The maximum atomic E-state index is 12.5. The van der Waals surface area contributed by atoms with Crippen molar-refractivity contribution in [2.45, 2.75) is 18.9 Å². The van der Waals surface area contributed by atoms with E-state index in [-0.39, 0.29) is 17.9 Å². The van der Waals surface area contributed by atoms with Gasteiger partial charge in [0.2, 0.25) is 5.91 Å². The van der Waals surface area contributed by atoms with E-state index in [1.54, 1.807) is 38.5 Å². The third-order valence-corrected chi connectivity index (χ3v) is 5.00. The third-order valence-electron chi connectivity index (χ3n) is 5.00. The Balaban J connectivity index is 1.51. The Morgan fingerprint density at radius 3 is 2.34 bits per heavy atom. The lowest BCUT2D eigenvalue weighted by molar-refractivity contribution is -0.126. The van der Waals surface area contributed by atoms with Crippen molar-refractivity contribution in [1.29, 1.82) is 0 Å². The molecule has 3 rings (SSSR count). The monoisotopic (exact) mass is 394 g/mol. The summed E-state index contributed by atoms with van der Waals surface area (Å²) in [5, 5.41) is 3.06. The maximum Gasteiger partial charge on any atom is 0.251 e. The number of rotatable bonds is 6. The fourth-order valence-electron chi connectivity index (χ4n) is 3.33. The van der Waals surface area contributed by atoms with Crippen LogP contribution in [0.25, 0.3) is 6.08 Å². The minimum absolute atomic E-state index is 0.0346. The van der Waals surface area contributed by atoms with E-state index in [0.29, 0.717) is 30.2 Å². The Kier molecular flexibility index (Phi) is 6.89. The summed E-state index contributed by atoms with van der Waals surface area (Å²) in [4.78, 5) is 26.6. The van der Waals surface area contributed by atoms with Gasteiger partial charge in [-0.05, 0) is 48.7 Å². The number of nitrogens with one attached hydrogen (secondary N) is 1. The van der Waals surface area contributed by atoms with Gasteiger partial charge in [0.25, 0.3) is 5.91 Å². The molecule has 0 atom stereocenters. The van der Waals surface area contributed by atoms with Gasteiger partial charge in [-0.2, -0.15) is 0 Å². The van der Waals surface area contributed by atoms with Crippen LogP contribution in [-0.2, 0) is 4.79 Å². The Labute approximate surface area is 171 Å². The largest absolute Gasteiger partial charge is 0.493 e. The minimum Gasteiger partial charge on any atom is -0.493 e. The highest BCUT2D eigenvalue weighted by Crippen LogP contribution is 2.28. The van der Waals surface area contributed by atoms with Crippen LogP contribution in [0.3, 0.4) is 0 Å². The summed E-state index contributed by atoms with van der Waals surface area (Å²) in [7, 11) is 3.17. The molecule has 0 radical (unpaired) electrons. The minimum atomic E-state index is -0.0660. The number of hydrogen-bond acceptors (Lipinski definition) is 4. The predicted molar refractivity (Wildman–Crippen MR) is 112 cm³/mol. The number of carbonyl (C=O) groups excluding carboxylic acids is 2. The van der Waals surface area contributed by atoms with Crippen LogP contribution in [0.2, 0.25) is 0 Å². The highest BCUT2D eigenvalue weighted by Gasteiger charge is 2.23. The Morgan fingerprint density at radius 1 is 1.00 bits per heavy atom. The number of carbonyl (C=O) groups is 2. The van der Waals surface area contributed by atoms with Crippen LogP contribution in [0, 0.1) is 0 Å². The molecule has 0 aliphatic carbocycles. The maximum absolute atomic E-state index is 12.5. The zero-order valence-electron chi connectivity index (χ0n) is 16.8. The lowest BCUT2D eigenvalue weighted by Gasteiger charge is -2.31. The Morgan fingerprint density at radius 2 is 1.69 bits per heavy atom. The van der Waals surface area contributed by atoms with Gasteiger partial charge in [0.05, 0.1) is 14.2 Å². The molecule has 152 valence electrons. The first-order valence-corrected chi connectivity index (χ1v) is 9.65. The van der Waals surface area contributed by atoms with Crippen LogP contribution in [0.15, 0.2) is 54.6 Å². The van der Waals surface area contributed by atoms with Gasteiger partial charge in [-0.1, -0.05) is 24.3 Å². The molecule has 0 bridgehead atoms. The fraction of sp³-hybridized carbons (Fsp3) is 0.304. The quantitative estimate of drug-likeness (QED) is 0.765. The molecule has 29 heavy (non-hydrogen) atoms. The third kappa shape index (κ3) is 5.38. The van der Waals surface area contributed by atoms with E-state index in [1.807, 2.05) is 41.3 Å². The predicted octanol–water partition coefficient (Wildman–Crippen LogP) is 3.14. The van der Waals surface area contributed by atoms with Crippen molar-refractivity contribution in [2.24, 2.45) is 0 Å². The van der Waals surface area contributed by atoms with E-state index in [0.717, 1.165) is 18.4 Å². The fourth-order valence-corrected chi connectivity index (χ4v) is 3.33. The van der Waals surface area contributed by atoms with Crippen LogP contribution in [0.1, 0.15) is 28.8 Å². The first-order valence-electron chi connectivity index (χ1n) is 9.65. The second kappa shape index (κ2) is 9.78. The Hall–Kier alpha value is -3.28. The van der Waals surface area contributed by atoms with Gasteiger partial charge < -0.3 is 19.7 Å². The number of nitrogens with zero attached hydrogens (tertiary/aromatic N) is 1. The molecule has 1 N–H and O–H groups in total. The summed E-state index contributed by atoms with van der Waals surface area (Å²) in [5.74, 6) is 1.17. The van der Waals surface area contributed by atoms with Crippen LogP contribution < -0.4 is 14.8 Å². The SMILES string of the molecule is COc1ccc(C=CC(=O)N2CCC(NC(=O)c3ccccc3)CC2)cc1OC. The van der Waals surface area contributed by atoms with E-state index >= 15 is 0 Å². The average molecular weight is 394 g/mol. The van der Waals surface area contributed by atoms with Crippen LogP contribution in [0.4, 0.5) is 0 Å². The summed E-state index contributed by atoms with van der Waals surface area (Å²) >= 11 is 0. The van der Waals surface area contributed by atoms with Crippen molar-refractivity contribution in [2.75, 3.05) is 27.3 Å². The van der Waals surface area contributed by atoms with E-state index in [4.69, 9.17) is 9.47 Å². The van der Waals surface area contributed by atoms with Gasteiger partial charge in [-0.3, -0.25) is 9.59 Å². The molecule has 2 aromatic rings. The second-order valence-electron chi connectivity index (χ2n) is 6.89. The summed E-state index contributed by atoms with van der Waals surface area (Å²) in [6.45, 7) is 1.24. The van der Waals surface area contributed by atoms with Crippen molar-refractivity contribution in [3.05, 3.63) is 65.7 Å². The number of methoxy groups -OCH3 is 2. The zero-order valence-corrected chi connectivity index (χ0v) is 16.8. The van der Waals surface area contributed by atoms with E-state index in [2.05, 4.69) is 5.32 Å². The summed E-state index contributed by atoms with van der Waals surface area (Å²) in [5.41, 5.74) is 1.52.